The highest BCUT2D eigenvalue weighted by Crippen LogP contribution is 2.59. The Labute approximate surface area is 72.0 Å². The van der Waals surface area contributed by atoms with Crippen molar-refractivity contribution in [1.82, 2.24) is 4.31 Å². The lowest BCUT2D eigenvalue weighted by Crippen LogP contribution is -2.30. The molecular formula is C6H12F3NOS. The molecule has 0 unspecified atom stereocenters. The molecule has 0 aromatic carbocycles. The Morgan fingerprint density at radius 1 is 1.50 bits per heavy atom. The third-order valence-corrected chi connectivity index (χ3v) is 2.96. The molecule has 1 aliphatic rings. The quantitative estimate of drug-likeness (QED) is 0.698. The van der Waals surface area contributed by atoms with Gasteiger partial charge in [-0.05, 0) is 12.8 Å². The zero-order chi connectivity index (χ0) is 9.19. The van der Waals surface area contributed by atoms with Crippen molar-refractivity contribution in [3.05, 3.63) is 0 Å². The topological polar surface area (TPSA) is 12.5 Å². The molecule has 1 saturated heterocycles. The fraction of sp³-hybridized carbons (Fsp3) is 1.00. The molecule has 0 spiro atoms. The van der Waals surface area contributed by atoms with Crippen molar-refractivity contribution in [2.45, 2.75) is 18.9 Å². The van der Waals surface area contributed by atoms with Crippen molar-refractivity contribution in [3.63, 3.8) is 0 Å². The van der Waals surface area contributed by atoms with Crippen molar-refractivity contribution in [2.24, 2.45) is 0 Å². The van der Waals surface area contributed by atoms with E-state index in [-0.39, 0.29) is 13.2 Å². The highest BCUT2D eigenvalue weighted by molar-refractivity contribution is 8.18. The van der Waals surface area contributed by atoms with Gasteiger partial charge in [-0.3, -0.25) is 0 Å². The number of hydrogen-bond acceptors (Lipinski definition) is 2. The lowest BCUT2D eigenvalue weighted by Gasteiger charge is -2.27. The van der Waals surface area contributed by atoms with E-state index in [0.29, 0.717) is 17.1 Å². The standard InChI is InChI=1S/C6H12F3NOS/c1-11-5-6-3-2-4-10(6)12(7,8)9/h6H,2-5H2,1H3/t6-/m0/s1. The Morgan fingerprint density at radius 2 is 2.17 bits per heavy atom. The summed E-state index contributed by atoms with van der Waals surface area (Å²) < 4.78 is 42.2. The maximum absolute atomic E-state index is 12.3. The molecule has 2 nitrogen and oxygen atoms in total. The van der Waals surface area contributed by atoms with Crippen LogP contribution in [-0.4, -0.2) is 30.6 Å². The Hall–Kier alpha value is 0.0600. The summed E-state index contributed by atoms with van der Waals surface area (Å²) in [6.07, 6.45) is 1.22. The van der Waals surface area contributed by atoms with E-state index in [4.69, 9.17) is 4.74 Å². The van der Waals surface area contributed by atoms with Crippen LogP contribution in [0.3, 0.4) is 0 Å². The van der Waals surface area contributed by atoms with Crippen LogP contribution in [0, 0.1) is 0 Å². The summed E-state index contributed by atoms with van der Waals surface area (Å²) in [6, 6.07) is -0.440. The second-order valence-electron chi connectivity index (χ2n) is 2.77. The third kappa shape index (κ3) is 2.27. The van der Waals surface area contributed by atoms with E-state index in [1.165, 1.54) is 7.11 Å². The van der Waals surface area contributed by atoms with E-state index < -0.39 is 17.4 Å². The molecule has 0 amide bonds. The molecule has 6 heteroatoms. The molecule has 1 atom stereocenters. The van der Waals surface area contributed by atoms with Crippen LogP contribution < -0.4 is 0 Å². The summed E-state index contributed by atoms with van der Waals surface area (Å²) in [5, 5.41) is 0. The van der Waals surface area contributed by atoms with Crippen LogP contribution in [0.2, 0.25) is 0 Å². The van der Waals surface area contributed by atoms with Crippen LogP contribution >= 0.6 is 11.4 Å². The van der Waals surface area contributed by atoms with Gasteiger partial charge in [0.05, 0.1) is 6.61 Å². The van der Waals surface area contributed by atoms with Crippen LogP contribution in [0.4, 0.5) is 11.7 Å². The first kappa shape index (κ1) is 10.1. The first-order chi connectivity index (χ1) is 5.55. The van der Waals surface area contributed by atoms with Gasteiger partial charge >= 0.3 is 0 Å². The van der Waals surface area contributed by atoms with Gasteiger partial charge < -0.3 is 4.74 Å². The Balaban J connectivity index is 2.52. The molecule has 0 aromatic heterocycles. The number of nitrogens with zero attached hydrogens (tertiary/aromatic N) is 1. The average Bonchev–Trinajstić information content (AvgIpc) is 2.34. The average molecular weight is 203 g/mol. The second kappa shape index (κ2) is 3.85. The summed E-state index contributed by atoms with van der Waals surface area (Å²) in [6.45, 7) is 0.333. The number of ether oxygens (including phenoxy) is 1. The summed E-state index contributed by atoms with van der Waals surface area (Å²) >= 11 is -5.02. The van der Waals surface area contributed by atoms with E-state index in [1.807, 2.05) is 0 Å². The molecule has 1 rings (SSSR count). The van der Waals surface area contributed by atoms with E-state index in [0.717, 1.165) is 0 Å². The molecular weight excluding hydrogens is 191 g/mol. The Kier molecular flexibility index (Phi) is 3.25. The van der Waals surface area contributed by atoms with Gasteiger partial charge in [0.2, 0.25) is 0 Å². The molecule has 0 bridgehead atoms. The number of halogens is 3. The van der Waals surface area contributed by atoms with Crippen LogP contribution in [0.1, 0.15) is 12.8 Å². The third-order valence-electron chi connectivity index (χ3n) is 1.95. The Bertz CT molecular complexity index is 152. The number of hydrogen-bond donors (Lipinski definition) is 0. The molecule has 0 aromatic rings. The van der Waals surface area contributed by atoms with Gasteiger partial charge in [0, 0.05) is 19.7 Å². The Morgan fingerprint density at radius 3 is 2.67 bits per heavy atom. The predicted molar refractivity (Wildman–Crippen MR) is 42.5 cm³/mol. The molecule has 0 radical (unpaired) electrons. The lowest BCUT2D eigenvalue weighted by atomic mass is 10.2. The molecule has 0 saturated carbocycles. The highest BCUT2D eigenvalue weighted by atomic mass is 32.3. The highest BCUT2D eigenvalue weighted by Gasteiger charge is 2.40. The van der Waals surface area contributed by atoms with E-state index in [2.05, 4.69) is 0 Å². The van der Waals surface area contributed by atoms with Crippen LogP contribution in [0.15, 0.2) is 0 Å². The summed E-state index contributed by atoms with van der Waals surface area (Å²) in [7, 11) is 1.43. The molecule has 1 fully saturated rings. The smallest absolute Gasteiger partial charge is 0.278 e. The van der Waals surface area contributed by atoms with Gasteiger partial charge in [-0.25, -0.2) is 0 Å². The largest absolute Gasteiger partial charge is 0.383 e. The molecule has 12 heavy (non-hydrogen) atoms. The first-order valence-corrected chi connectivity index (χ1v) is 5.02. The van der Waals surface area contributed by atoms with E-state index >= 15 is 0 Å². The van der Waals surface area contributed by atoms with Gasteiger partial charge in [-0.1, -0.05) is 0 Å². The lowest BCUT2D eigenvalue weighted by molar-refractivity contribution is 0.146. The zero-order valence-corrected chi connectivity index (χ0v) is 7.62. The normalized spacial score (nSPS) is 27.8. The molecule has 1 aliphatic heterocycles. The van der Waals surface area contributed by atoms with E-state index in [9.17, 15) is 11.7 Å². The maximum Gasteiger partial charge on any atom is 0.278 e. The summed E-state index contributed by atoms with van der Waals surface area (Å²) in [4.78, 5) is 0. The van der Waals surface area contributed by atoms with Crippen molar-refractivity contribution < 1.29 is 16.4 Å². The SMILES string of the molecule is COC[C@@H]1CCCN1S(F)(F)F. The minimum absolute atomic E-state index is 0.146. The predicted octanol–water partition coefficient (Wildman–Crippen LogP) is 2.47. The molecule has 74 valence electrons. The first-order valence-electron chi connectivity index (χ1n) is 3.73. The maximum atomic E-state index is 12.3. The van der Waals surface area contributed by atoms with E-state index in [1.54, 1.807) is 0 Å². The fourth-order valence-corrected chi connectivity index (χ4v) is 2.28. The van der Waals surface area contributed by atoms with Gasteiger partial charge in [0.15, 0.2) is 0 Å². The van der Waals surface area contributed by atoms with Crippen molar-refractivity contribution >= 4 is 11.4 Å². The van der Waals surface area contributed by atoms with Crippen LogP contribution in [0.5, 0.6) is 0 Å². The fourth-order valence-electron chi connectivity index (χ4n) is 1.44. The van der Waals surface area contributed by atoms with Gasteiger partial charge in [-0.15, -0.1) is 11.7 Å². The molecule has 0 N–H and O–H groups in total. The van der Waals surface area contributed by atoms with Crippen molar-refractivity contribution in [3.8, 4) is 0 Å². The van der Waals surface area contributed by atoms with Gasteiger partial charge in [-0.2, -0.15) is 4.31 Å². The van der Waals surface area contributed by atoms with Crippen molar-refractivity contribution in [1.29, 1.82) is 0 Å². The number of rotatable bonds is 3. The zero-order valence-electron chi connectivity index (χ0n) is 6.80. The summed E-state index contributed by atoms with van der Waals surface area (Å²) in [5.74, 6) is 0. The minimum Gasteiger partial charge on any atom is -0.383 e. The second-order valence-corrected chi connectivity index (χ2v) is 4.01. The van der Waals surface area contributed by atoms with Crippen LogP contribution in [0.25, 0.3) is 0 Å². The van der Waals surface area contributed by atoms with Crippen LogP contribution in [-0.2, 0) is 4.74 Å². The van der Waals surface area contributed by atoms with Crippen molar-refractivity contribution in [2.75, 3.05) is 20.3 Å². The number of methoxy groups -OCH3 is 1. The monoisotopic (exact) mass is 203 g/mol. The summed E-state index contributed by atoms with van der Waals surface area (Å²) in [5.41, 5.74) is 0. The van der Waals surface area contributed by atoms with Gasteiger partial charge in [0.25, 0.3) is 11.4 Å². The molecule has 0 aliphatic carbocycles. The van der Waals surface area contributed by atoms with Gasteiger partial charge in [0.1, 0.15) is 0 Å². The molecule has 1 heterocycles. The minimum atomic E-state index is -5.02.